The van der Waals surface area contributed by atoms with E-state index in [-0.39, 0.29) is 24.2 Å². The summed E-state index contributed by atoms with van der Waals surface area (Å²) in [5.74, 6) is 2.04. The minimum absolute atomic E-state index is 0.0197. The number of ether oxygens (including phenoxy) is 3. The molecule has 0 fully saturated rings. The lowest BCUT2D eigenvalue weighted by atomic mass is 9.89. The van der Waals surface area contributed by atoms with Gasteiger partial charge in [0.25, 0.3) is 5.91 Å². The number of amides is 1. The number of para-hydroxylation sites is 1. The molecule has 0 aromatic heterocycles. The average molecular weight is 355 g/mol. The molecular formula is C21H25NO4. The Morgan fingerprint density at radius 1 is 1.27 bits per heavy atom. The molecule has 138 valence electrons. The number of benzene rings is 2. The fourth-order valence-electron chi connectivity index (χ4n) is 3.19. The Morgan fingerprint density at radius 2 is 2.04 bits per heavy atom. The van der Waals surface area contributed by atoms with Gasteiger partial charge in [-0.15, -0.1) is 0 Å². The summed E-state index contributed by atoms with van der Waals surface area (Å²) in [7, 11) is 1.62. The van der Waals surface area contributed by atoms with Crippen LogP contribution in [0, 0.1) is 6.92 Å². The van der Waals surface area contributed by atoms with Crippen LogP contribution in [-0.2, 0) is 4.79 Å². The molecule has 1 N–H and O–H groups in total. The summed E-state index contributed by atoms with van der Waals surface area (Å²) in [4.78, 5) is 12.4. The van der Waals surface area contributed by atoms with Crippen LogP contribution in [0.5, 0.6) is 17.2 Å². The molecule has 5 nitrogen and oxygen atoms in total. The largest absolute Gasteiger partial charge is 0.497 e. The standard InChI is InChI=1S/C21H25NO4/c1-14-7-5-6-8-18(14)25-13-20(23)22-17-12-21(2,3)26-19-11-15(24-4)9-10-16(17)19/h5-11,17H,12-13H2,1-4H3,(H,22,23)/t17-/m0/s1. The zero-order valence-corrected chi connectivity index (χ0v) is 15.7. The first-order valence-corrected chi connectivity index (χ1v) is 8.73. The molecule has 0 saturated carbocycles. The molecule has 0 aliphatic carbocycles. The molecular weight excluding hydrogens is 330 g/mol. The van der Waals surface area contributed by atoms with E-state index in [9.17, 15) is 4.79 Å². The first-order valence-electron chi connectivity index (χ1n) is 8.73. The van der Waals surface area contributed by atoms with Gasteiger partial charge in [0.05, 0.1) is 13.2 Å². The number of carbonyl (C=O) groups excluding carboxylic acids is 1. The molecule has 0 bridgehead atoms. The van der Waals surface area contributed by atoms with Gasteiger partial charge in [0, 0.05) is 18.1 Å². The van der Waals surface area contributed by atoms with E-state index in [4.69, 9.17) is 14.2 Å². The molecule has 0 saturated heterocycles. The highest BCUT2D eigenvalue weighted by atomic mass is 16.5. The maximum atomic E-state index is 12.4. The Kier molecular flexibility index (Phi) is 5.07. The van der Waals surface area contributed by atoms with Crippen molar-refractivity contribution < 1.29 is 19.0 Å². The van der Waals surface area contributed by atoms with Crippen LogP contribution in [0.3, 0.4) is 0 Å². The Labute approximate surface area is 154 Å². The Hall–Kier alpha value is -2.69. The van der Waals surface area contributed by atoms with E-state index >= 15 is 0 Å². The Morgan fingerprint density at radius 3 is 2.77 bits per heavy atom. The second-order valence-electron chi connectivity index (χ2n) is 7.14. The van der Waals surface area contributed by atoms with Crippen LogP contribution < -0.4 is 19.5 Å². The van der Waals surface area contributed by atoms with E-state index < -0.39 is 0 Å². The van der Waals surface area contributed by atoms with Gasteiger partial charge in [0.15, 0.2) is 6.61 Å². The van der Waals surface area contributed by atoms with E-state index in [0.717, 1.165) is 28.4 Å². The summed E-state index contributed by atoms with van der Waals surface area (Å²) in [5.41, 5.74) is 1.58. The van der Waals surface area contributed by atoms with Crippen LogP contribution in [0.15, 0.2) is 42.5 Å². The predicted molar refractivity (Wildman–Crippen MR) is 99.9 cm³/mol. The van der Waals surface area contributed by atoms with E-state index in [1.807, 2.05) is 63.2 Å². The van der Waals surface area contributed by atoms with Gasteiger partial charge in [-0.3, -0.25) is 4.79 Å². The number of aryl methyl sites for hydroxylation is 1. The van der Waals surface area contributed by atoms with Gasteiger partial charge in [0.1, 0.15) is 22.8 Å². The van der Waals surface area contributed by atoms with Crippen molar-refractivity contribution >= 4 is 5.91 Å². The molecule has 1 atom stereocenters. The quantitative estimate of drug-likeness (QED) is 0.886. The minimum atomic E-state index is -0.381. The number of carbonyl (C=O) groups is 1. The van der Waals surface area contributed by atoms with Gasteiger partial charge < -0.3 is 19.5 Å². The molecule has 0 spiro atoms. The number of hydrogen-bond acceptors (Lipinski definition) is 4. The molecule has 1 aliphatic rings. The predicted octanol–water partition coefficient (Wildman–Crippen LogP) is 3.80. The third kappa shape index (κ3) is 4.10. The first kappa shape index (κ1) is 18.1. The third-order valence-electron chi connectivity index (χ3n) is 4.47. The molecule has 2 aromatic carbocycles. The van der Waals surface area contributed by atoms with E-state index in [1.54, 1.807) is 7.11 Å². The highest BCUT2D eigenvalue weighted by molar-refractivity contribution is 5.78. The van der Waals surface area contributed by atoms with Crippen LogP contribution in [0.25, 0.3) is 0 Å². The van der Waals surface area contributed by atoms with Crippen molar-refractivity contribution in [3.63, 3.8) is 0 Å². The zero-order valence-electron chi connectivity index (χ0n) is 15.7. The van der Waals surface area contributed by atoms with Crippen molar-refractivity contribution in [3.8, 4) is 17.2 Å². The Balaban J connectivity index is 1.71. The number of methoxy groups -OCH3 is 1. The molecule has 3 rings (SSSR count). The van der Waals surface area contributed by atoms with Gasteiger partial charge in [-0.25, -0.2) is 0 Å². The maximum Gasteiger partial charge on any atom is 0.258 e. The van der Waals surface area contributed by atoms with Crippen molar-refractivity contribution in [2.45, 2.75) is 38.8 Å². The van der Waals surface area contributed by atoms with Gasteiger partial charge in [-0.05, 0) is 44.5 Å². The molecule has 0 unspecified atom stereocenters. The molecule has 1 amide bonds. The number of rotatable bonds is 5. The van der Waals surface area contributed by atoms with Gasteiger partial charge >= 0.3 is 0 Å². The van der Waals surface area contributed by atoms with Crippen molar-refractivity contribution in [2.75, 3.05) is 13.7 Å². The van der Waals surface area contributed by atoms with Crippen molar-refractivity contribution in [1.82, 2.24) is 5.32 Å². The minimum Gasteiger partial charge on any atom is -0.497 e. The van der Waals surface area contributed by atoms with Crippen molar-refractivity contribution in [1.29, 1.82) is 0 Å². The smallest absolute Gasteiger partial charge is 0.258 e. The highest BCUT2D eigenvalue weighted by Crippen LogP contribution is 2.41. The molecule has 26 heavy (non-hydrogen) atoms. The second-order valence-corrected chi connectivity index (χ2v) is 7.14. The van der Waals surface area contributed by atoms with Crippen LogP contribution in [-0.4, -0.2) is 25.2 Å². The van der Waals surface area contributed by atoms with Crippen LogP contribution in [0.1, 0.15) is 37.4 Å². The Bertz CT molecular complexity index is 800. The normalized spacial score (nSPS) is 17.6. The summed E-state index contributed by atoms with van der Waals surface area (Å²) in [6.45, 7) is 5.96. The van der Waals surface area contributed by atoms with Crippen LogP contribution in [0.4, 0.5) is 0 Å². The summed E-state index contributed by atoms with van der Waals surface area (Å²) in [6, 6.07) is 13.2. The summed E-state index contributed by atoms with van der Waals surface area (Å²) < 4.78 is 17.0. The summed E-state index contributed by atoms with van der Waals surface area (Å²) in [5, 5.41) is 3.07. The lowest BCUT2D eigenvalue weighted by Crippen LogP contribution is -2.42. The highest BCUT2D eigenvalue weighted by Gasteiger charge is 2.34. The van der Waals surface area contributed by atoms with E-state index in [2.05, 4.69) is 5.32 Å². The topological polar surface area (TPSA) is 56.8 Å². The monoisotopic (exact) mass is 355 g/mol. The molecule has 2 aromatic rings. The third-order valence-corrected chi connectivity index (χ3v) is 4.47. The van der Waals surface area contributed by atoms with Gasteiger partial charge in [0.2, 0.25) is 0 Å². The lowest BCUT2D eigenvalue weighted by Gasteiger charge is -2.38. The molecule has 5 heteroatoms. The van der Waals surface area contributed by atoms with E-state index in [1.165, 1.54) is 0 Å². The average Bonchev–Trinajstić information content (AvgIpc) is 2.59. The molecule has 0 radical (unpaired) electrons. The van der Waals surface area contributed by atoms with Gasteiger partial charge in [-0.1, -0.05) is 18.2 Å². The molecule has 1 heterocycles. The van der Waals surface area contributed by atoms with E-state index in [0.29, 0.717) is 6.42 Å². The molecule has 1 aliphatic heterocycles. The van der Waals surface area contributed by atoms with Crippen molar-refractivity contribution in [3.05, 3.63) is 53.6 Å². The van der Waals surface area contributed by atoms with Gasteiger partial charge in [-0.2, -0.15) is 0 Å². The zero-order chi connectivity index (χ0) is 18.7. The lowest BCUT2D eigenvalue weighted by molar-refractivity contribution is -0.124. The second kappa shape index (κ2) is 7.28. The first-order chi connectivity index (χ1) is 12.4. The number of fused-ring (bicyclic) bond motifs is 1. The number of hydrogen-bond donors (Lipinski definition) is 1. The summed E-state index contributed by atoms with van der Waals surface area (Å²) >= 11 is 0. The fraction of sp³-hybridized carbons (Fsp3) is 0.381. The maximum absolute atomic E-state index is 12.4. The number of nitrogens with one attached hydrogen (secondary N) is 1. The SMILES string of the molecule is COc1ccc2c(c1)OC(C)(C)C[C@@H]2NC(=O)COc1ccccc1C. The van der Waals surface area contributed by atoms with Crippen LogP contribution in [0.2, 0.25) is 0 Å². The van der Waals surface area contributed by atoms with Crippen molar-refractivity contribution in [2.24, 2.45) is 0 Å². The van der Waals surface area contributed by atoms with Crippen LogP contribution >= 0.6 is 0 Å². The summed E-state index contributed by atoms with van der Waals surface area (Å²) in [6.07, 6.45) is 0.683. The fourth-order valence-corrected chi connectivity index (χ4v) is 3.19.